The molecule has 0 radical (unpaired) electrons. The van der Waals surface area contributed by atoms with E-state index in [1.165, 1.54) is 0 Å². The predicted octanol–water partition coefficient (Wildman–Crippen LogP) is 3.07. The van der Waals surface area contributed by atoms with Gasteiger partial charge in [0.2, 0.25) is 0 Å². The van der Waals surface area contributed by atoms with E-state index in [0.29, 0.717) is 5.56 Å². The number of ketones is 1. The molecule has 0 fully saturated rings. The van der Waals surface area contributed by atoms with E-state index in [0.717, 1.165) is 17.8 Å². The summed E-state index contributed by atoms with van der Waals surface area (Å²) >= 11 is 0. The molecule has 0 spiro atoms. The van der Waals surface area contributed by atoms with Gasteiger partial charge in [0.25, 0.3) is 0 Å². The van der Waals surface area contributed by atoms with Gasteiger partial charge in [-0.25, -0.2) is 0 Å². The molecule has 0 atom stereocenters. The monoisotopic (exact) mass is 253 g/mol. The molecule has 96 valence electrons. The third kappa shape index (κ3) is 3.74. The first-order chi connectivity index (χ1) is 9.29. The summed E-state index contributed by atoms with van der Waals surface area (Å²) in [7, 11) is 0. The highest BCUT2D eigenvalue weighted by atomic mass is 16.1. The van der Waals surface area contributed by atoms with Crippen molar-refractivity contribution < 1.29 is 4.79 Å². The number of anilines is 1. The van der Waals surface area contributed by atoms with E-state index in [1.807, 2.05) is 19.1 Å². The first kappa shape index (κ1) is 13.0. The van der Waals surface area contributed by atoms with Crippen LogP contribution >= 0.6 is 0 Å². The zero-order chi connectivity index (χ0) is 13.5. The molecule has 0 bridgehead atoms. The molecule has 4 nitrogen and oxygen atoms in total. The summed E-state index contributed by atoms with van der Waals surface area (Å²) in [6, 6.07) is 7.14. The summed E-state index contributed by atoms with van der Waals surface area (Å²) in [5, 5.41) is 3.21. The van der Waals surface area contributed by atoms with E-state index in [4.69, 9.17) is 0 Å². The Bertz CT molecular complexity index is 564. The lowest BCUT2D eigenvalue weighted by Crippen LogP contribution is -2.03. The molecule has 0 amide bonds. The van der Waals surface area contributed by atoms with E-state index in [-0.39, 0.29) is 5.78 Å². The second kappa shape index (κ2) is 6.44. The van der Waals surface area contributed by atoms with Gasteiger partial charge in [0.05, 0.1) is 0 Å². The van der Waals surface area contributed by atoms with Crippen molar-refractivity contribution in [2.75, 3.05) is 5.32 Å². The van der Waals surface area contributed by atoms with Crippen LogP contribution in [0, 0.1) is 0 Å². The molecule has 0 unspecified atom stereocenters. The Morgan fingerprint density at radius 2 is 1.68 bits per heavy atom. The maximum Gasteiger partial charge on any atom is 0.187 e. The number of carbonyl (C=O) groups is 1. The number of aromatic nitrogens is 2. The fraction of sp³-hybridized carbons (Fsp3) is 0.133. The number of hydrogen-bond donors (Lipinski definition) is 1. The summed E-state index contributed by atoms with van der Waals surface area (Å²) in [6.45, 7) is 2.00. The van der Waals surface area contributed by atoms with Gasteiger partial charge < -0.3 is 5.32 Å². The lowest BCUT2D eigenvalue weighted by molar-refractivity contribution is 0.104. The number of pyridine rings is 2. The van der Waals surface area contributed by atoms with Crippen LogP contribution < -0.4 is 5.32 Å². The molecule has 4 heteroatoms. The van der Waals surface area contributed by atoms with E-state index >= 15 is 0 Å². The molecule has 2 rings (SSSR count). The Hall–Kier alpha value is -2.49. The van der Waals surface area contributed by atoms with Crippen molar-refractivity contribution in [3.63, 3.8) is 0 Å². The highest BCUT2D eigenvalue weighted by molar-refractivity contribution is 6.05. The maximum atomic E-state index is 12.0. The van der Waals surface area contributed by atoms with E-state index < -0.39 is 0 Å². The van der Waals surface area contributed by atoms with Crippen molar-refractivity contribution in [3.05, 3.63) is 66.4 Å². The standard InChI is InChI=1S/C15H15N3O/c1-2-13(18-14-5-9-17-10-6-14)11-15(19)12-3-7-16-8-4-12/h3-11H,2H2,1H3,(H,17,18)/b13-11-. The van der Waals surface area contributed by atoms with Crippen LogP contribution in [0.2, 0.25) is 0 Å². The third-order valence-electron chi connectivity index (χ3n) is 2.64. The summed E-state index contributed by atoms with van der Waals surface area (Å²) in [6.07, 6.45) is 9.02. The average Bonchev–Trinajstić information content (AvgIpc) is 2.48. The zero-order valence-electron chi connectivity index (χ0n) is 10.7. The van der Waals surface area contributed by atoms with Gasteiger partial charge in [0, 0.05) is 47.8 Å². The van der Waals surface area contributed by atoms with Crippen molar-refractivity contribution in [1.82, 2.24) is 9.97 Å². The molecule has 0 saturated heterocycles. The van der Waals surface area contributed by atoms with Crippen molar-refractivity contribution >= 4 is 11.5 Å². The van der Waals surface area contributed by atoms with Gasteiger partial charge in [0.15, 0.2) is 5.78 Å². The fourth-order valence-electron chi connectivity index (χ4n) is 1.60. The molecule has 0 aliphatic heterocycles. The van der Waals surface area contributed by atoms with E-state index in [2.05, 4.69) is 15.3 Å². The number of rotatable bonds is 5. The smallest absolute Gasteiger partial charge is 0.187 e. The molecule has 1 N–H and O–H groups in total. The molecule has 0 aliphatic rings. The Balaban J connectivity index is 2.13. The first-order valence-corrected chi connectivity index (χ1v) is 6.11. The number of nitrogens with one attached hydrogen (secondary N) is 1. The Labute approximate surface area is 112 Å². The minimum absolute atomic E-state index is 0.0270. The molecular formula is C15H15N3O. The average molecular weight is 253 g/mol. The van der Waals surface area contributed by atoms with Crippen LogP contribution in [0.15, 0.2) is 60.8 Å². The van der Waals surface area contributed by atoms with Crippen LogP contribution in [-0.4, -0.2) is 15.8 Å². The Morgan fingerprint density at radius 1 is 1.11 bits per heavy atom. The quantitative estimate of drug-likeness (QED) is 0.657. The van der Waals surface area contributed by atoms with Crippen LogP contribution in [-0.2, 0) is 0 Å². The van der Waals surface area contributed by atoms with Crippen molar-refractivity contribution in [3.8, 4) is 0 Å². The van der Waals surface area contributed by atoms with E-state index in [9.17, 15) is 4.79 Å². The molecule has 2 heterocycles. The Morgan fingerprint density at radius 3 is 2.26 bits per heavy atom. The maximum absolute atomic E-state index is 12.0. The van der Waals surface area contributed by atoms with Crippen LogP contribution in [0.1, 0.15) is 23.7 Å². The van der Waals surface area contributed by atoms with Crippen molar-refractivity contribution in [2.45, 2.75) is 13.3 Å². The Kier molecular flexibility index (Phi) is 4.39. The first-order valence-electron chi connectivity index (χ1n) is 6.11. The summed E-state index contributed by atoms with van der Waals surface area (Å²) in [4.78, 5) is 19.9. The second-order valence-electron chi connectivity index (χ2n) is 3.98. The molecule has 0 saturated carbocycles. The van der Waals surface area contributed by atoms with Gasteiger partial charge in [0.1, 0.15) is 0 Å². The third-order valence-corrected chi connectivity index (χ3v) is 2.64. The summed E-state index contributed by atoms with van der Waals surface area (Å²) < 4.78 is 0. The SMILES string of the molecule is CC/C(=C/C(=O)c1ccncc1)Nc1ccncc1. The van der Waals surface area contributed by atoms with Crippen LogP contribution in [0.3, 0.4) is 0 Å². The lowest BCUT2D eigenvalue weighted by Gasteiger charge is -2.08. The largest absolute Gasteiger partial charge is 0.359 e. The highest BCUT2D eigenvalue weighted by Gasteiger charge is 2.04. The molecular weight excluding hydrogens is 238 g/mol. The molecule has 0 aromatic carbocycles. The second-order valence-corrected chi connectivity index (χ2v) is 3.98. The minimum Gasteiger partial charge on any atom is -0.359 e. The van der Waals surface area contributed by atoms with Gasteiger partial charge in [-0.15, -0.1) is 0 Å². The molecule has 2 aromatic rings. The lowest BCUT2D eigenvalue weighted by atomic mass is 10.1. The normalized spacial score (nSPS) is 11.1. The summed E-state index contributed by atoms with van der Waals surface area (Å²) in [5.74, 6) is -0.0270. The fourth-order valence-corrected chi connectivity index (χ4v) is 1.60. The number of allylic oxidation sites excluding steroid dienone is 2. The van der Waals surface area contributed by atoms with Gasteiger partial charge in [-0.05, 0) is 30.7 Å². The minimum atomic E-state index is -0.0270. The van der Waals surface area contributed by atoms with E-state index in [1.54, 1.807) is 43.0 Å². The van der Waals surface area contributed by atoms with Crippen LogP contribution in [0.4, 0.5) is 5.69 Å². The summed E-state index contributed by atoms with van der Waals surface area (Å²) in [5.41, 5.74) is 2.43. The van der Waals surface area contributed by atoms with Gasteiger partial charge in [-0.2, -0.15) is 0 Å². The van der Waals surface area contributed by atoms with Crippen molar-refractivity contribution in [1.29, 1.82) is 0 Å². The highest BCUT2D eigenvalue weighted by Crippen LogP contribution is 2.11. The van der Waals surface area contributed by atoms with Gasteiger partial charge in [-0.3, -0.25) is 14.8 Å². The molecule has 19 heavy (non-hydrogen) atoms. The molecule has 0 aliphatic carbocycles. The topological polar surface area (TPSA) is 54.9 Å². The number of carbonyl (C=O) groups excluding carboxylic acids is 1. The van der Waals surface area contributed by atoms with Crippen LogP contribution in [0.5, 0.6) is 0 Å². The van der Waals surface area contributed by atoms with Gasteiger partial charge in [-0.1, -0.05) is 6.92 Å². The molecule has 2 aromatic heterocycles. The predicted molar refractivity (Wildman–Crippen MR) is 74.8 cm³/mol. The van der Waals surface area contributed by atoms with Crippen LogP contribution in [0.25, 0.3) is 0 Å². The number of nitrogens with zero attached hydrogens (tertiary/aromatic N) is 2. The van der Waals surface area contributed by atoms with Crippen molar-refractivity contribution in [2.24, 2.45) is 0 Å². The zero-order valence-corrected chi connectivity index (χ0v) is 10.7. The number of hydrogen-bond acceptors (Lipinski definition) is 4. The van der Waals surface area contributed by atoms with Gasteiger partial charge >= 0.3 is 0 Å².